The van der Waals surface area contributed by atoms with E-state index in [-0.39, 0.29) is 18.3 Å². The first-order valence-corrected chi connectivity index (χ1v) is 10.7. The first-order chi connectivity index (χ1) is 15.0. The number of amides is 2. The molecule has 8 nitrogen and oxygen atoms in total. The van der Waals surface area contributed by atoms with E-state index in [9.17, 15) is 9.59 Å². The lowest BCUT2D eigenvalue weighted by atomic mass is 9.93. The van der Waals surface area contributed by atoms with Crippen molar-refractivity contribution < 1.29 is 23.5 Å². The van der Waals surface area contributed by atoms with Crippen molar-refractivity contribution in [2.75, 3.05) is 18.5 Å². The van der Waals surface area contributed by atoms with Crippen LogP contribution >= 0.6 is 0 Å². The first kappa shape index (κ1) is 22.4. The molecule has 0 aliphatic heterocycles. The topological polar surface area (TPSA) is 102 Å². The van der Waals surface area contributed by atoms with Gasteiger partial charge in [0.2, 0.25) is 0 Å². The predicted octanol–water partition coefficient (Wildman–Crippen LogP) is 4.81. The molecule has 2 amide bonds. The zero-order chi connectivity index (χ0) is 22.2. The highest BCUT2D eigenvalue weighted by Crippen LogP contribution is 2.30. The van der Waals surface area contributed by atoms with Gasteiger partial charge in [-0.3, -0.25) is 4.79 Å². The summed E-state index contributed by atoms with van der Waals surface area (Å²) in [7, 11) is 0. The number of hydrazone groups is 1. The maximum absolute atomic E-state index is 12.8. The summed E-state index contributed by atoms with van der Waals surface area (Å²) in [5.74, 6) is 1.40. The number of carbonyl (C=O) groups excluding carboxylic acids is 2. The van der Waals surface area contributed by atoms with Crippen molar-refractivity contribution in [1.82, 2.24) is 5.43 Å². The van der Waals surface area contributed by atoms with E-state index in [1.165, 1.54) is 0 Å². The summed E-state index contributed by atoms with van der Waals surface area (Å²) in [5, 5.41) is 7.05. The van der Waals surface area contributed by atoms with Gasteiger partial charge in [-0.25, -0.2) is 10.2 Å². The van der Waals surface area contributed by atoms with E-state index >= 15 is 0 Å². The number of rotatable bonds is 8. The number of unbranched alkanes of at least 4 members (excludes halogenated alkanes) is 1. The van der Waals surface area contributed by atoms with E-state index in [0.29, 0.717) is 42.2 Å². The van der Waals surface area contributed by atoms with E-state index in [1.807, 2.05) is 19.1 Å². The minimum atomic E-state index is -0.608. The monoisotopic (exact) mass is 427 g/mol. The molecule has 0 unspecified atom stereocenters. The molecular formula is C23H29N3O5. The Hall–Kier alpha value is -3.29. The first-order valence-electron chi connectivity index (χ1n) is 10.7. The van der Waals surface area contributed by atoms with Gasteiger partial charge < -0.3 is 19.2 Å². The van der Waals surface area contributed by atoms with Crippen LogP contribution in [0.3, 0.4) is 0 Å². The Morgan fingerprint density at radius 3 is 2.65 bits per heavy atom. The van der Waals surface area contributed by atoms with Crippen molar-refractivity contribution >= 4 is 23.4 Å². The zero-order valence-electron chi connectivity index (χ0n) is 18.2. The molecule has 0 spiro atoms. The third-order valence-electron chi connectivity index (χ3n) is 4.97. The number of aryl methyl sites for hydroxylation is 1. The average Bonchev–Trinajstić information content (AvgIpc) is 3.11. The summed E-state index contributed by atoms with van der Waals surface area (Å²) < 4.78 is 16.4. The van der Waals surface area contributed by atoms with Crippen LogP contribution in [0.4, 0.5) is 10.5 Å². The molecule has 0 radical (unpaired) electrons. The van der Waals surface area contributed by atoms with Gasteiger partial charge in [-0.05, 0) is 57.4 Å². The van der Waals surface area contributed by atoms with Gasteiger partial charge in [0.15, 0.2) is 5.76 Å². The van der Waals surface area contributed by atoms with Crippen molar-refractivity contribution in [3.63, 3.8) is 0 Å². The van der Waals surface area contributed by atoms with Gasteiger partial charge in [-0.1, -0.05) is 13.3 Å². The average molecular weight is 428 g/mol. The van der Waals surface area contributed by atoms with Gasteiger partial charge in [-0.2, -0.15) is 5.10 Å². The van der Waals surface area contributed by atoms with E-state index < -0.39 is 6.09 Å². The predicted molar refractivity (Wildman–Crippen MR) is 118 cm³/mol. The fourth-order valence-corrected chi connectivity index (χ4v) is 3.43. The maximum Gasteiger partial charge on any atom is 0.427 e. The Balaban J connectivity index is 1.71. The minimum Gasteiger partial charge on any atom is -0.494 e. The van der Waals surface area contributed by atoms with Crippen LogP contribution in [0, 0.1) is 6.92 Å². The number of carbonyl (C=O) groups is 2. The molecular weight excluding hydrogens is 398 g/mol. The zero-order valence-corrected chi connectivity index (χ0v) is 18.2. The van der Waals surface area contributed by atoms with Crippen LogP contribution < -0.4 is 15.5 Å². The maximum atomic E-state index is 12.8. The number of anilines is 1. The Labute approximate surface area is 182 Å². The quantitative estimate of drug-likeness (QED) is 0.465. The van der Waals surface area contributed by atoms with Gasteiger partial charge in [0.25, 0.3) is 5.91 Å². The molecule has 1 heterocycles. The number of nitrogens with zero attached hydrogens (tertiary/aromatic N) is 1. The summed E-state index contributed by atoms with van der Waals surface area (Å²) in [6, 6.07) is 7.26. The Kier molecular flexibility index (Phi) is 7.70. The third kappa shape index (κ3) is 5.65. The Morgan fingerprint density at radius 1 is 1.16 bits per heavy atom. The van der Waals surface area contributed by atoms with Gasteiger partial charge in [0, 0.05) is 23.2 Å². The minimum absolute atomic E-state index is 0.249. The molecule has 1 aliphatic rings. The lowest BCUT2D eigenvalue weighted by molar-refractivity contribution is 0.0994. The number of furan rings is 1. The molecule has 0 bridgehead atoms. The SMILES string of the molecule is CCCCOc1ccc(NC(=O)c2oc3c(c2C)/C(=N/NC(=O)OCC)CCC3)cc1. The third-order valence-corrected chi connectivity index (χ3v) is 4.97. The molecule has 0 fully saturated rings. The number of ether oxygens (including phenoxy) is 2. The fraction of sp³-hybridized carbons (Fsp3) is 0.435. The molecule has 166 valence electrons. The molecule has 0 atom stereocenters. The van der Waals surface area contributed by atoms with E-state index in [2.05, 4.69) is 22.8 Å². The van der Waals surface area contributed by atoms with Crippen LogP contribution in [0.25, 0.3) is 0 Å². The molecule has 3 rings (SSSR count). The van der Waals surface area contributed by atoms with Gasteiger partial charge in [0.1, 0.15) is 11.5 Å². The number of benzene rings is 1. The molecule has 8 heteroatoms. The van der Waals surface area contributed by atoms with Gasteiger partial charge in [-0.15, -0.1) is 0 Å². The number of hydrogen-bond acceptors (Lipinski definition) is 6. The number of nitrogens with one attached hydrogen (secondary N) is 2. The normalized spacial score (nSPS) is 14.1. The molecule has 0 saturated carbocycles. The molecule has 1 aliphatic carbocycles. The Bertz CT molecular complexity index is 947. The second-order valence-electron chi connectivity index (χ2n) is 7.28. The molecule has 31 heavy (non-hydrogen) atoms. The second kappa shape index (κ2) is 10.7. The number of fused-ring (bicyclic) bond motifs is 1. The lowest BCUT2D eigenvalue weighted by Gasteiger charge is -2.13. The molecule has 2 N–H and O–H groups in total. The van der Waals surface area contributed by atoms with Gasteiger partial charge >= 0.3 is 6.09 Å². The van der Waals surface area contributed by atoms with Crippen molar-refractivity contribution in [3.05, 3.63) is 46.9 Å². The van der Waals surface area contributed by atoms with E-state index in [1.54, 1.807) is 19.1 Å². The summed E-state index contributed by atoms with van der Waals surface area (Å²) in [6.45, 7) is 6.61. The summed E-state index contributed by atoms with van der Waals surface area (Å²) >= 11 is 0. The van der Waals surface area contributed by atoms with Gasteiger partial charge in [0.05, 0.1) is 18.9 Å². The van der Waals surface area contributed by atoms with Crippen LogP contribution in [0.1, 0.15) is 67.0 Å². The molecule has 1 aromatic heterocycles. The van der Waals surface area contributed by atoms with Crippen LogP contribution in [0.2, 0.25) is 0 Å². The van der Waals surface area contributed by atoms with Crippen molar-refractivity contribution in [1.29, 1.82) is 0 Å². The summed E-state index contributed by atoms with van der Waals surface area (Å²) in [4.78, 5) is 24.4. The smallest absolute Gasteiger partial charge is 0.427 e. The summed E-state index contributed by atoms with van der Waals surface area (Å²) in [5.41, 5.74) is 5.22. The van der Waals surface area contributed by atoms with Crippen LogP contribution in [-0.2, 0) is 11.2 Å². The van der Waals surface area contributed by atoms with E-state index in [4.69, 9.17) is 13.9 Å². The Morgan fingerprint density at radius 2 is 1.94 bits per heavy atom. The molecule has 2 aromatic rings. The fourth-order valence-electron chi connectivity index (χ4n) is 3.43. The van der Waals surface area contributed by atoms with Crippen molar-refractivity contribution in [3.8, 4) is 5.75 Å². The van der Waals surface area contributed by atoms with Crippen molar-refractivity contribution in [2.24, 2.45) is 5.10 Å². The second-order valence-corrected chi connectivity index (χ2v) is 7.28. The number of hydrogen-bond donors (Lipinski definition) is 2. The van der Waals surface area contributed by atoms with Crippen LogP contribution in [-0.4, -0.2) is 30.9 Å². The summed E-state index contributed by atoms with van der Waals surface area (Å²) in [6.07, 6.45) is 3.69. The highest BCUT2D eigenvalue weighted by molar-refractivity contribution is 6.09. The highest BCUT2D eigenvalue weighted by atomic mass is 16.5. The largest absolute Gasteiger partial charge is 0.494 e. The van der Waals surface area contributed by atoms with E-state index in [0.717, 1.165) is 30.6 Å². The molecule has 0 saturated heterocycles. The lowest BCUT2D eigenvalue weighted by Crippen LogP contribution is -2.22. The van der Waals surface area contributed by atoms with Crippen LogP contribution in [0.15, 0.2) is 33.8 Å². The van der Waals surface area contributed by atoms with Crippen molar-refractivity contribution in [2.45, 2.75) is 52.9 Å². The molecule has 1 aromatic carbocycles. The van der Waals surface area contributed by atoms with Crippen LogP contribution in [0.5, 0.6) is 5.75 Å². The standard InChI is InChI=1S/C23H29N3O5/c1-4-6-14-30-17-12-10-16(11-13-17)24-22(27)21-15(3)20-18(8-7-9-19(20)31-21)25-26-23(28)29-5-2/h10-13H,4-9,14H2,1-3H3,(H,24,27)(H,26,28)/b25-18+. The highest BCUT2D eigenvalue weighted by Gasteiger charge is 2.28.